The molecule has 1 aliphatic rings. The second kappa shape index (κ2) is 8.22. The van der Waals surface area contributed by atoms with Gasteiger partial charge in [-0.05, 0) is 44.4 Å². The Balaban J connectivity index is 1.41. The molecule has 2 heterocycles. The van der Waals surface area contributed by atoms with E-state index in [1.165, 1.54) is 17.3 Å². The second-order valence-corrected chi connectivity index (χ2v) is 8.16. The smallest absolute Gasteiger partial charge is 0.231 e. The van der Waals surface area contributed by atoms with Gasteiger partial charge in [0.1, 0.15) is 17.3 Å². The number of amides is 1. The number of furan rings is 1. The minimum atomic E-state index is -0.161. The van der Waals surface area contributed by atoms with Gasteiger partial charge < -0.3 is 14.3 Å². The van der Waals surface area contributed by atoms with E-state index in [4.69, 9.17) is 4.42 Å². The van der Waals surface area contributed by atoms with Crippen molar-refractivity contribution in [2.75, 3.05) is 5.75 Å². The van der Waals surface area contributed by atoms with Crippen LogP contribution in [-0.4, -0.2) is 26.4 Å². The van der Waals surface area contributed by atoms with Crippen LogP contribution in [0.25, 0.3) is 0 Å². The van der Waals surface area contributed by atoms with Crippen molar-refractivity contribution < 1.29 is 9.21 Å². The summed E-state index contributed by atoms with van der Waals surface area (Å²) in [6, 6.07) is 13.9. The van der Waals surface area contributed by atoms with E-state index >= 15 is 0 Å². The third-order valence-corrected chi connectivity index (χ3v) is 5.74. The largest absolute Gasteiger partial charge is 0.464 e. The number of nitrogens with one attached hydrogen (secondary N) is 1. The van der Waals surface area contributed by atoms with E-state index in [2.05, 4.69) is 32.2 Å². The highest BCUT2D eigenvalue weighted by Gasteiger charge is 2.30. The van der Waals surface area contributed by atoms with E-state index in [1.807, 2.05) is 44.2 Å². The number of aryl methyl sites for hydroxylation is 1. The Kier molecular flexibility index (Phi) is 5.52. The summed E-state index contributed by atoms with van der Waals surface area (Å²) in [5, 5.41) is 12.5. The van der Waals surface area contributed by atoms with Gasteiger partial charge in [-0.15, -0.1) is 10.2 Å². The Morgan fingerprint density at radius 1 is 1.25 bits per heavy atom. The number of carbonyl (C=O) groups is 1. The highest BCUT2D eigenvalue weighted by atomic mass is 32.2. The normalized spacial score (nSPS) is 14.8. The van der Waals surface area contributed by atoms with E-state index in [0.29, 0.717) is 11.7 Å². The maximum Gasteiger partial charge on any atom is 0.231 e. The number of carbonyl (C=O) groups excluding carboxylic acids is 1. The zero-order chi connectivity index (χ0) is 19.5. The van der Waals surface area contributed by atoms with Gasteiger partial charge >= 0.3 is 0 Å². The molecule has 0 bridgehead atoms. The average molecular weight is 397 g/mol. The van der Waals surface area contributed by atoms with E-state index in [9.17, 15) is 4.79 Å². The Hall–Kier alpha value is -2.54. The van der Waals surface area contributed by atoms with Gasteiger partial charge in [-0.1, -0.05) is 42.1 Å². The SMILES string of the molecule is Cc1ccc(C(C)NC(=O)CSc2nnc(C3CC3)n2Cc2ccccc2)o1. The highest BCUT2D eigenvalue weighted by molar-refractivity contribution is 7.99. The van der Waals surface area contributed by atoms with Crippen LogP contribution in [0, 0.1) is 6.92 Å². The maximum atomic E-state index is 12.4. The molecule has 7 heteroatoms. The first-order chi connectivity index (χ1) is 13.6. The van der Waals surface area contributed by atoms with Crippen molar-refractivity contribution in [3.05, 3.63) is 65.4 Å². The molecule has 0 spiro atoms. The standard InChI is InChI=1S/C21H24N4O2S/c1-14-8-11-18(27-14)15(2)22-19(26)13-28-21-24-23-20(17-9-10-17)25(21)12-16-6-4-3-5-7-16/h3-8,11,15,17H,9-10,12-13H2,1-2H3,(H,22,26). The number of hydrogen-bond donors (Lipinski definition) is 1. The molecule has 4 rings (SSSR count). The fourth-order valence-corrected chi connectivity index (χ4v) is 3.89. The molecule has 1 aliphatic carbocycles. The zero-order valence-corrected chi connectivity index (χ0v) is 16.9. The summed E-state index contributed by atoms with van der Waals surface area (Å²) >= 11 is 1.43. The predicted molar refractivity (Wildman–Crippen MR) is 108 cm³/mol. The monoisotopic (exact) mass is 396 g/mol. The number of benzene rings is 1. The number of nitrogens with zero attached hydrogens (tertiary/aromatic N) is 3. The van der Waals surface area contributed by atoms with Crippen LogP contribution in [0.1, 0.15) is 54.6 Å². The zero-order valence-electron chi connectivity index (χ0n) is 16.1. The first kappa shape index (κ1) is 18.8. The molecular formula is C21H24N4O2S. The fraction of sp³-hybridized carbons (Fsp3) is 0.381. The molecule has 0 aliphatic heterocycles. The number of thioether (sulfide) groups is 1. The van der Waals surface area contributed by atoms with Gasteiger partial charge in [0.2, 0.25) is 5.91 Å². The third-order valence-electron chi connectivity index (χ3n) is 4.77. The molecule has 3 aromatic rings. The minimum absolute atomic E-state index is 0.0474. The summed E-state index contributed by atoms with van der Waals surface area (Å²) in [6.07, 6.45) is 2.33. The van der Waals surface area contributed by atoms with Crippen LogP contribution in [0.3, 0.4) is 0 Å². The Morgan fingerprint density at radius 2 is 2.04 bits per heavy atom. The lowest BCUT2D eigenvalue weighted by Gasteiger charge is -2.12. The molecule has 146 valence electrons. The van der Waals surface area contributed by atoms with Gasteiger partial charge in [0.15, 0.2) is 5.16 Å². The Bertz CT molecular complexity index is 946. The summed E-state index contributed by atoms with van der Waals surface area (Å²) in [7, 11) is 0. The molecule has 6 nitrogen and oxygen atoms in total. The topological polar surface area (TPSA) is 73.0 Å². The summed E-state index contributed by atoms with van der Waals surface area (Å²) in [5.74, 6) is 3.38. The Labute approximate surface area is 168 Å². The average Bonchev–Trinajstić information content (AvgIpc) is 3.32. The summed E-state index contributed by atoms with van der Waals surface area (Å²) in [6.45, 7) is 4.54. The van der Waals surface area contributed by atoms with E-state index in [1.54, 1.807) is 0 Å². The summed E-state index contributed by atoms with van der Waals surface area (Å²) in [5.41, 5.74) is 1.21. The van der Waals surface area contributed by atoms with Crippen molar-refractivity contribution in [2.45, 2.75) is 50.4 Å². The van der Waals surface area contributed by atoms with Gasteiger partial charge in [0.25, 0.3) is 0 Å². The molecule has 2 aromatic heterocycles. The van der Waals surface area contributed by atoms with Crippen LogP contribution in [0.15, 0.2) is 52.0 Å². The van der Waals surface area contributed by atoms with Crippen molar-refractivity contribution in [3.63, 3.8) is 0 Å². The number of hydrogen-bond acceptors (Lipinski definition) is 5. The lowest BCUT2D eigenvalue weighted by molar-refractivity contribution is -0.119. The second-order valence-electron chi connectivity index (χ2n) is 7.21. The third kappa shape index (κ3) is 4.47. The Morgan fingerprint density at radius 3 is 2.71 bits per heavy atom. The van der Waals surface area contributed by atoms with Gasteiger partial charge in [0.05, 0.1) is 18.3 Å². The van der Waals surface area contributed by atoms with E-state index in [0.717, 1.165) is 41.9 Å². The molecule has 1 unspecified atom stereocenters. The molecular weight excluding hydrogens is 372 g/mol. The summed E-state index contributed by atoms with van der Waals surface area (Å²) < 4.78 is 7.74. The molecule has 28 heavy (non-hydrogen) atoms. The molecule has 1 N–H and O–H groups in total. The fourth-order valence-electron chi connectivity index (χ4n) is 3.14. The van der Waals surface area contributed by atoms with Crippen LogP contribution in [0.2, 0.25) is 0 Å². The van der Waals surface area contributed by atoms with Crippen molar-refractivity contribution >= 4 is 17.7 Å². The van der Waals surface area contributed by atoms with Gasteiger partial charge in [-0.3, -0.25) is 4.79 Å². The van der Waals surface area contributed by atoms with E-state index < -0.39 is 0 Å². The number of rotatable bonds is 8. The molecule has 0 saturated heterocycles. The molecule has 1 amide bonds. The lowest BCUT2D eigenvalue weighted by Crippen LogP contribution is -2.28. The van der Waals surface area contributed by atoms with Crippen molar-refractivity contribution in [3.8, 4) is 0 Å². The molecule has 1 fully saturated rings. The van der Waals surface area contributed by atoms with Crippen LogP contribution >= 0.6 is 11.8 Å². The van der Waals surface area contributed by atoms with Crippen molar-refractivity contribution in [1.82, 2.24) is 20.1 Å². The highest BCUT2D eigenvalue weighted by Crippen LogP contribution is 2.40. The van der Waals surface area contributed by atoms with Gasteiger partial charge in [-0.2, -0.15) is 0 Å². The molecule has 0 radical (unpaired) electrons. The van der Waals surface area contributed by atoms with Gasteiger partial charge in [-0.25, -0.2) is 0 Å². The van der Waals surface area contributed by atoms with Crippen LogP contribution < -0.4 is 5.32 Å². The van der Waals surface area contributed by atoms with Crippen LogP contribution in [0.5, 0.6) is 0 Å². The maximum absolute atomic E-state index is 12.4. The summed E-state index contributed by atoms with van der Waals surface area (Å²) in [4.78, 5) is 12.4. The molecule has 1 saturated carbocycles. The molecule has 1 atom stereocenters. The number of aromatic nitrogens is 3. The van der Waals surface area contributed by atoms with Crippen molar-refractivity contribution in [1.29, 1.82) is 0 Å². The first-order valence-corrected chi connectivity index (χ1v) is 10.5. The minimum Gasteiger partial charge on any atom is -0.464 e. The van der Waals surface area contributed by atoms with E-state index in [-0.39, 0.29) is 11.9 Å². The predicted octanol–water partition coefficient (Wildman–Crippen LogP) is 4.07. The van der Waals surface area contributed by atoms with Gasteiger partial charge in [0, 0.05) is 5.92 Å². The first-order valence-electron chi connectivity index (χ1n) is 9.55. The van der Waals surface area contributed by atoms with Crippen molar-refractivity contribution in [2.24, 2.45) is 0 Å². The van der Waals surface area contributed by atoms with Crippen LogP contribution in [-0.2, 0) is 11.3 Å². The quantitative estimate of drug-likeness (QED) is 0.581. The lowest BCUT2D eigenvalue weighted by atomic mass is 10.2. The molecule has 1 aromatic carbocycles. The van der Waals surface area contributed by atoms with Crippen LogP contribution in [0.4, 0.5) is 0 Å².